The van der Waals surface area contributed by atoms with E-state index in [0.717, 1.165) is 6.20 Å². The third-order valence-electron chi connectivity index (χ3n) is 2.28. The number of aromatic nitrogens is 1. The number of nitrogens with one attached hydrogen (secondary N) is 1. The van der Waals surface area contributed by atoms with Crippen LogP contribution in [-0.2, 0) is 0 Å². The maximum absolute atomic E-state index is 13.3. The smallest absolute Gasteiger partial charge is 0.259 e. The molecule has 1 aromatic heterocycles. The number of carbonyl (C=O) groups is 1. The van der Waals surface area contributed by atoms with E-state index in [1.165, 1.54) is 30.5 Å². The highest BCUT2D eigenvalue weighted by atomic mass is 19.1. The summed E-state index contributed by atoms with van der Waals surface area (Å²) in [6.45, 7) is 0. The van der Waals surface area contributed by atoms with Crippen LogP contribution in [-0.4, -0.2) is 21.1 Å². The van der Waals surface area contributed by atoms with Crippen molar-refractivity contribution in [2.45, 2.75) is 0 Å². The van der Waals surface area contributed by atoms with Gasteiger partial charge in [-0.15, -0.1) is 0 Å². The first-order valence-corrected chi connectivity index (χ1v) is 5.01. The zero-order valence-corrected chi connectivity index (χ0v) is 9.09. The van der Waals surface area contributed by atoms with Gasteiger partial charge in [-0.3, -0.25) is 9.78 Å². The van der Waals surface area contributed by atoms with Crippen molar-refractivity contribution in [3.05, 3.63) is 48.0 Å². The van der Waals surface area contributed by atoms with Gasteiger partial charge in [0.25, 0.3) is 5.91 Å². The highest BCUT2D eigenvalue weighted by Crippen LogP contribution is 2.28. The average molecular weight is 248 g/mol. The Morgan fingerprint density at radius 3 is 2.78 bits per heavy atom. The molecule has 0 aliphatic heterocycles. The maximum atomic E-state index is 13.3. The van der Waals surface area contributed by atoms with E-state index in [2.05, 4.69) is 10.3 Å². The van der Waals surface area contributed by atoms with Gasteiger partial charge in [0.05, 0.1) is 17.4 Å². The average Bonchev–Trinajstić information content (AvgIpc) is 2.35. The summed E-state index contributed by atoms with van der Waals surface area (Å²) in [6, 6.07) is 5.22. The van der Waals surface area contributed by atoms with Crippen LogP contribution >= 0.6 is 0 Å². The van der Waals surface area contributed by atoms with Crippen molar-refractivity contribution in [1.82, 2.24) is 4.98 Å². The Bertz CT molecular complexity index is 602. The van der Waals surface area contributed by atoms with Crippen LogP contribution in [0.2, 0.25) is 0 Å². The number of amides is 1. The number of pyridine rings is 1. The van der Waals surface area contributed by atoms with Gasteiger partial charge in [-0.2, -0.15) is 0 Å². The number of para-hydroxylation sites is 1. The van der Waals surface area contributed by atoms with Gasteiger partial charge in [-0.05, 0) is 18.2 Å². The number of phenols is 2. The zero-order chi connectivity index (χ0) is 13.1. The molecule has 0 aliphatic rings. The molecule has 0 radical (unpaired) electrons. The number of halogens is 1. The summed E-state index contributed by atoms with van der Waals surface area (Å²) in [5.74, 6) is -2.39. The Hall–Kier alpha value is -2.63. The number of rotatable bonds is 2. The van der Waals surface area contributed by atoms with E-state index in [9.17, 15) is 19.4 Å². The summed E-state index contributed by atoms with van der Waals surface area (Å²) < 4.78 is 13.3. The first-order valence-electron chi connectivity index (χ1n) is 5.01. The second kappa shape index (κ2) is 4.70. The first-order chi connectivity index (χ1) is 8.59. The molecule has 0 bridgehead atoms. The molecule has 1 amide bonds. The van der Waals surface area contributed by atoms with E-state index in [4.69, 9.17) is 0 Å². The Balaban J connectivity index is 2.28. The number of phenolic OH excluding ortho intramolecular Hbond substituents is 2. The molecule has 5 nitrogen and oxygen atoms in total. The molecule has 0 unspecified atom stereocenters. The van der Waals surface area contributed by atoms with E-state index >= 15 is 0 Å². The van der Waals surface area contributed by atoms with E-state index < -0.39 is 23.2 Å². The van der Waals surface area contributed by atoms with E-state index in [1.807, 2.05) is 0 Å². The summed E-state index contributed by atoms with van der Waals surface area (Å²) in [4.78, 5) is 15.3. The molecule has 1 heterocycles. The fourth-order valence-electron chi connectivity index (χ4n) is 1.38. The van der Waals surface area contributed by atoms with Crippen molar-refractivity contribution in [3.8, 4) is 11.5 Å². The van der Waals surface area contributed by atoms with Crippen molar-refractivity contribution >= 4 is 11.6 Å². The van der Waals surface area contributed by atoms with Crippen molar-refractivity contribution in [1.29, 1.82) is 0 Å². The molecule has 2 rings (SSSR count). The van der Waals surface area contributed by atoms with Crippen LogP contribution in [0.4, 0.5) is 10.1 Å². The van der Waals surface area contributed by atoms with Crippen LogP contribution in [0.3, 0.4) is 0 Å². The summed E-state index contributed by atoms with van der Waals surface area (Å²) in [5.41, 5.74) is -0.205. The highest BCUT2D eigenvalue weighted by molar-refractivity contribution is 6.06. The Morgan fingerprint density at radius 1 is 1.28 bits per heavy atom. The van der Waals surface area contributed by atoms with Gasteiger partial charge < -0.3 is 15.5 Å². The molecule has 0 spiro atoms. The fraction of sp³-hybridized carbons (Fsp3) is 0. The SMILES string of the molecule is O=C(Nc1ccncc1F)c1cccc(O)c1O. The lowest BCUT2D eigenvalue weighted by Crippen LogP contribution is -2.13. The van der Waals surface area contributed by atoms with E-state index in [-0.39, 0.29) is 11.3 Å². The van der Waals surface area contributed by atoms with Crippen molar-refractivity contribution in [2.24, 2.45) is 0 Å². The molecule has 92 valence electrons. The molecule has 0 saturated heterocycles. The van der Waals surface area contributed by atoms with Crippen LogP contribution in [0.1, 0.15) is 10.4 Å². The highest BCUT2D eigenvalue weighted by Gasteiger charge is 2.15. The second-order valence-electron chi connectivity index (χ2n) is 3.48. The molecule has 0 aliphatic carbocycles. The molecule has 6 heteroatoms. The number of hydrogen-bond donors (Lipinski definition) is 3. The van der Waals surface area contributed by atoms with Crippen LogP contribution < -0.4 is 5.32 Å². The van der Waals surface area contributed by atoms with Crippen LogP contribution in [0.15, 0.2) is 36.7 Å². The summed E-state index contributed by atoms with van der Waals surface area (Å²) in [7, 11) is 0. The Morgan fingerprint density at radius 2 is 2.06 bits per heavy atom. The van der Waals surface area contributed by atoms with Crippen molar-refractivity contribution < 1.29 is 19.4 Å². The van der Waals surface area contributed by atoms with Crippen LogP contribution in [0.5, 0.6) is 11.5 Å². The lowest BCUT2D eigenvalue weighted by Gasteiger charge is -2.07. The normalized spacial score (nSPS) is 10.1. The lowest BCUT2D eigenvalue weighted by atomic mass is 10.1. The van der Waals surface area contributed by atoms with Crippen LogP contribution in [0.25, 0.3) is 0 Å². The molecular formula is C12H9FN2O3. The third-order valence-corrected chi connectivity index (χ3v) is 2.28. The van der Waals surface area contributed by atoms with Crippen molar-refractivity contribution in [3.63, 3.8) is 0 Å². The molecule has 0 saturated carbocycles. The number of hydrogen-bond acceptors (Lipinski definition) is 4. The predicted molar refractivity (Wildman–Crippen MR) is 61.9 cm³/mol. The molecular weight excluding hydrogens is 239 g/mol. The topological polar surface area (TPSA) is 82.5 Å². The van der Waals surface area contributed by atoms with Gasteiger partial charge in [-0.25, -0.2) is 4.39 Å². The van der Waals surface area contributed by atoms with Gasteiger partial charge in [0.15, 0.2) is 17.3 Å². The number of nitrogens with zero attached hydrogens (tertiary/aromatic N) is 1. The molecule has 0 atom stereocenters. The van der Waals surface area contributed by atoms with Gasteiger partial charge in [-0.1, -0.05) is 6.07 Å². The van der Waals surface area contributed by atoms with Gasteiger partial charge in [0.1, 0.15) is 0 Å². The molecule has 0 fully saturated rings. The maximum Gasteiger partial charge on any atom is 0.259 e. The summed E-state index contributed by atoms with van der Waals surface area (Å²) in [6.07, 6.45) is 2.28. The molecule has 18 heavy (non-hydrogen) atoms. The minimum Gasteiger partial charge on any atom is -0.504 e. The predicted octanol–water partition coefficient (Wildman–Crippen LogP) is 1.88. The van der Waals surface area contributed by atoms with E-state index in [1.54, 1.807) is 0 Å². The minimum absolute atomic E-state index is 0.0576. The summed E-state index contributed by atoms with van der Waals surface area (Å²) >= 11 is 0. The largest absolute Gasteiger partial charge is 0.504 e. The Labute approximate surface area is 102 Å². The number of aromatic hydroxyl groups is 2. The number of benzene rings is 1. The monoisotopic (exact) mass is 248 g/mol. The third kappa shape index (κ3) is 2.22. The van der Waals surface area contributed by atoms with Crippen LogP contribution in [0, 0.1) is 5.82 Å². The number of anilines is 1. The lowest BCUT2D eigenvalue weighted by molar-refractivity contribution is 0.102. The fourth-order valence-corrected chi connectivity index (χ4v) is 1.38. The quantitative estimate of drug-likeness (QED) is 0.709. The van der Waals surface area contributed by atoms with Gasteiger partial charge >= 0.3 is 0 Å². The standard InChI is InChI=1S/C12H9FN2O3/c13-8-6-14-5-4-9(8)15-12(18)7-2-1-3-10(16)11(7)17/h1-6,16-17H,(H,14,15,18). The van der Waals surface area contributed by atoms with Gasteiger partial charge in [0, 0.05) is 6.20 Å². The van der Waals surface area contributed by atoms with E-state index in [0.29, 0.717) is 0 Å². The first kappa shape index (κ1) is 11.8. The zero-order valence-electron chi connectivity index (χ0n) is 9.09. The number of carbonyl (C=O) groups excluding carboxylic acids is 1. The summed E-state index contributed by atoms with van der Waals surface area (Å²) in [5, 5.41) is 21.0. The molecule has 3 N–H and O–H groups in total. The molecule has 1 aromatic carbocycles. The van der Waals surface area contributed by atoms with Crippen molar-refractivity contribution in [2.75, 3.05) is 5.32 Å². The molecule has 2 aromatic rings. The second-order valence-corrected chi connectivity index (χ2v) is 3.48. The Kier molecular flexibility index (Phi) is 3.09. The minimum atomic E-state index is -0.728. The van der Waals surface area contributed by atoms with Gasteiger partial charge in [0.2, 0.25) is 0 Å².